The lowest BCUT2D eigenvalue weighted by Crippen LogP contribution is -2.11. The third kappa shape index (κ3) is 3.15. The molecule has 0 unspecified atom stereocenters. The second kappa shape index (κ2) is 4.79. The van der Waals surface area contributed by atoms with E-state index >= 15 is 0 Å². The van der Waals surface area contributed by atoms with Gasteiger partial charge in [-0.05, 0) is 23.8 Å². The Balaban J connectivity index is 2.27. The number of hydrogen-bond acceptors (Lipinski definition) is 3. The number of nitrogens with zero attached hydrogens (tertiary/aromatic N) is 2. The van der Waals surface area contributed by atoms with Gasteiger partial charge in [-0.2, -0.15) is 5.10 Å². The molecular weight excluding hydrogens is 325 g/mol. The van der Waals surface area contributed by atoms with Gasteiger partial charge in [-0.3, -0.25) is 4.68 Å². The molecule has 1 aromatic heterocycles. The van der Waals surface area contributed by atoms with Gasteiger partial charge in [0.05, 0.1) is 12.7 Å². The predicted octanol–water partition coefficient (Wildman–Crippen LogP) is 1.48. The van der Waals surface area contributed by atoms with Gasteiger partial charge in [-0.25, -0.2) is 17.9 Å². The maximum atomic E-state index is 13.1. The Morgan fingerprint density at radius 2 is 2.11 bits per heavy atom. The van der Waals surface area contributed by atoms with Crippen molar-refractivity contribution in [3.8, 4) is 0 Å². The molecule has 1 heterocycles. The molecule has 0 fully saturated rings. The molecule has 0 spiro atoms. The van der Waals surface area contributed by atoms with Crippen molar-refractivity contribution in [1.29, 1.82) is 0 Å². The second-order valence-electron chi connectivity index (χ2n) is 3.70. The summed E-state index contributed by atoms with van der Waals surface area (Å²) in [7, 11) is -3.76. The largest absolute Gasteiger partial charge is 0.267 e. The zero-order chi connectivity index (χ0) is 13.3. The zero-order valence-electron chi connectivity index (χ0n) is 9.05. The Morgan fingerprint density at radius 1 is 1.39 bits per heavy atom. The van der Waals surface area contributed by atoms with E-state index in [4.69, 9.17) is 5.14 Å². The number of nitrogens with two attached hydrogens (primary N) is 1. The van der Waals surface area contributed by atoms with E-state index in [0.29, 0.717) is 10.0 Å². The standard InChI is InChI=1S/C10H9BrFN3O2S/c11-8-1-7(2-9(12)3-8)5-15-6-10(4-14-15)18(13,16)17/h1-4,6H,5H2,(H2,13,16,17). The van der Waals surface area contributed by atoms with Gasteiger partial charge in [0.2, 0.25) is 10.0 Å². The Kier molecular flexibility index (Phi) is 3.51. The first-order chi connectivity index (χ1) is 8.34. The van der Waals surface area contributed by atoms with Crippen molar-refractivity contribution in [3.05, 3.63) is 46.4 Å². The first-order valence-corrected chi connectivity index (χ1v) is 7.19. The van der Waals surface area contributed by atoms with Crippen LogP contribution in [0.1, 0.15) is 5.56 Å². The number of aromatic nitrogens is 2. The van der Waals surface area contributed by atoms with Crippen molar-refractivity contribution in [2.45, 2.75) is 11.4 Å². The molecule has 0 radical (unpaired) electrons. The van der Waals surface area contributed by atoms with Crippen LogP contribution in [-0.4, -0.2) is 18.2 Å². The summed E-state index contributed by atoms with van der Waals surface area (Å²) >= 11 is 3.18. The van der Waals surface area contributed by atoms with E-state index in [0.717, 1.165) is 6.20 Å². The summed E-state index contributed by atoms with van der Waals surface area (Å²) in [5, 5.41) is 8.82. The first-order valence-electron chi connectivity index (χ1n) is 4.85. The fourth-order valence-electron chi connectivity index (χ4n) is 1.47. The highest BCUT2D eigenvalue weighted by Gasteiger charge is 2.10. The van der Waals surface area contributed by atoms with Gasteiger partial charge in [0.25, 0.3) is 0 Å². The third-order valence-corrected chi connectivity index (χ3v) is 3.53. The molecule has 0 amide bonds. The van der Waals surface area contributed by atoms with Gasteiger partial charge < -0.3 is 0 Å². The topological polar surface area (TPSA) is 78.0 Å². The first kappa shape index (κ1) is 13.2. The lowest BCUT2D eigenvalue weighted by molar-refractivity contribution is 0.597. The molecule has 2 rings (SSSR count). The van der Waals surface area contributed by atoms with E-state index < -0.39 is 10.0 Å². The minimum absolute atomic E-state index is 0.0713. The molecular formula is C10H9BrFN3O2S. The van der Waals surface area contributed by atoms with Crippen LogP contribution < -0.4 is 5.14 Å². The van der Waals surface area contributed by atoms with E-state index in [2.05, 4.69) is 21.0 Å². The van der Waals surface area contributed by atoms with Crippen molar-refractivity contribution in [2.75, 3.05) is 0 Å². The van der Waals surface area contributed by atoms with Gasteiger partial charge in [-0.1, -0.05) is 15.9 Å². The predicted molar refractivity (Wildman–Crippen MR) is 66.8 cm³/mol. The molecule has 0 saturated carbocycles. The summed E-state index contributed by atoms with van der Waals surface area (Å²) in [6.07, 6.45) is 2.46. The second-order valence-corrected chi connectivity index (χ2v) is 6.17. The van der Waals surface area contributed by atoms with Gasteiger partial charge in [0.1, 0.15) is 10.7 Å². The van der Waals surface area contributed by atoms with Gasteiger partial charge in [0.15, 0.2) is 0 Å². The highest BCUT2D eigenvalue weighted by molar-refractivity contribution is 9.10. The van der Waals surface area contributed by atoms with Crippen LogP contribution >= 0.6 is 15.9 Å². The molecule has 0 atom stereocenters. The fourth-order valence-corrected chi connectivity index (χ4v) is 2.44. The summed E-state index contributed by atoms with van der Waals surface area (Å²) in [6.45, 7) is 0.256. The van der Waals surface area contributed by atoms with Crippen LogP contribution in [-0.2, 0) is 16.6 Å². The monoisotopic (exact) mass is 333 g/mol. The molecule has 1 aromatic carbocycles. The molecule has 8 heteroatoms. The van der Waals surface area contributed by atoms with E-state index in [1.165, 1.54) is 23.0 Å². The lowest BCUT2D eigenvalue weighted by atomic mass is 10.2. The zero-order valence-corrected chi connectivity index (χ0v) is 11.4. The third-order valence-electron chi connectivity index (χ3n) is 2.21. The van der Waals surface area contributed by atoms with E-state index in [1.807, 2.05) is 0 Å². The molecule has 0 aliphatic carbocycles. The van der Waals surface area contributed by atoms with Crippen LogP contribution in [0.2, 0.25) is 0 Å². The summed E-state index contributed by atoms with van der Waals surface area (Å²) < 4.78 is 37.3. The minimum Gasteiger partial charge on any atom is -0.267 e. The van der Waals surface area contributed by atoms with Crippen LogP contribution in [0.3, 0.4) is 0 Å². The molecule has 0 aliphatic heterocycles. The maximum absolute atomic E-state index is 13.1. The maximum Gasteiger partial charge on any atom is 0.241 e. The van der Waals surface area contributed by atoms with Crippen molar-refractivity contribution in [1.82, 2.24) is 9.78 Å². The van der Waals surface area contributed by atoms with E-state index in [9.17, 15) is 12.8 Å². The van der Waals surface area contributed by atoms with Crippen molar-refractivity contribution < 1.29 is 12.8 Å². The molecule has 0 saturated heterocycles. The summed E-state index contributed by atoms with van der Waals surface area (Å²) in [6, 6.07) is 4.41. The summed E-state index contributed by atoms with van der Waals surface area (Å²) in [4.78, 5) is -0.0713. The highest BCUT2D eigenvalue weighted by atomic mass is 79.9. The molecule has 0 bridgehead atoms. The van der Waals surface area contributed by atoms with Gasteiger partial charge >= 0.3 is 0 Å². The number of rotatable bonds is 3. The van der Waals surface area contributed by atoms with Crippen LogP contribution in [0.4, 0.5) is 4.39 Å². The molecule has 18 heavy (non-hydrogen) atoms. The average molecular weight is 334 g/mol. The summed E-state index contributed by atoms with van der Waals surface area (Å²) in [5.41, 5.74) is 0.658. The number of benzene rings is 1. The Bertz CT molecular complexity index is 664. The Hall–Kier alpha value is -1.25. The molecule has 2 N–H and O–H groups in total. The number of hydrogen-bond donors (Lipinski definition) is 1. The number of halogens is 2. The highest BCUT2D eigenvalue weighted by Crippen LogP contribution is 2.16. The van der Waals surface area contributed by atoms with Crippen molar-refractivity contribution >= 4 is 26.0 Å². The lowest BCUT2D eigenvalue weighted by Gasteiger charge is -2.03. The molecule has 5 nitrogen and oxygen atoms in total. The number of sulfonamides is 1. The molecule has 96 valence electrons. The van der Waals surface area contributed by atoms with Crippen LogP contribution in [0.25, 0.3) is 0 Å². The number of primary sulfonamides is 1. The fraction of sp³-hybridized carbons (Fsp3) is 0.100. The minimum atomic E-state index is -3.76. The quantitative estimate of drug-likeness (QED) is 0.924. The summed E-state index contributed by atoms with van der Waals surface area (Å²) in [5.74, 6) is -0.377. The van der Waals surface area contributed by atoms with Gasteiger partial charge in [-0.15, -0.1) is 0 Å². The average Bonchev–Trinajstić information content (AvgIpc) is 2.63. The normalized spacial score (nSPS) is 11.7. The van der Waals surface area contributed by atoms with Crippen LogP contribution in [0.15, 0.2) is 40.0 Å². The van der Waals surface area contributed by atoms with Crippen molar-refractivity contribution in [2.24, 2.45) is 5.14 Å². The molecule has 2 aromatic rings. The van der Waals surface area contributed by atoms with Gasteiger partial charge in [0, 0.05) is 10.7 Å². The molecule has 0 aliphatic rings. The Morgan fingerprint density at radius 3 is 2.67 bits per heavy atom. The van der Waals surface area contributed by atoms with Crippen LogP contribution in [0, 0.1) is 5.82 Å². The smallest absolute Gasteiger partial charge is 0.241 e. The van der Waals surface area contributed by atoms with E-state index in [1.54, 1.807) is 6.07 Å². The van der Waals surface area contributed by atoms with Crippen molar-refractivity contribution in [3.63, 3.8) is 0 Å². The SMILES string of the molecule is NS(=O)(=O)c1cnn(Cc2cc(F)cc(Br)c2)c1. The Labute approximate surface area is 112 Å². The van der Waals surface area contributed by atoms with Crippen LogP contribution in [0.5, 0.6) is 0 Å². The van der Waals surface area contributed by atoms with E-state index in [-0.39, 0.29) is 17.3 Å².